The van der Waals surface area contributed by atoms with Crippen molar-refractivity contribution in [2.24, 2.45) is 0 Å². The molecule has 1 atom stereocenters. The van der Waals surface area contributed by atoms with E-state index in [0.717, 1.165) is 19.3 Å². The summed E-state index contributed by atoms with van der Waals surface area (Å²) in [4.78, 5) is 0. The van der Waals surface area contributed by atoms with Gasteiger partial charge in [0.25, 0.3) is 10.1 Å². The van der Waals surface area contributed by atoms with Crippen molar-refractivity contribution in [3.63, 3.8) is 0 Å². The molecule has 0 amide bonds. The van der Waals surface area contributed by atoms with Gasteiger partial charge in [-0.3, -0.25) is 4.55 Å². The third kappa shape index (κ3) is 8.07. The summed E-state index contributed by atoms with van der Waals surface area (Å²) in [7, 11) is -2.73. The van der Waals surface area contributed by atoms with Gasteiger partial charge in [0.15, 0.2) is 5.44 Å². The normalized spacial score (nSPS) is 13.9. The molecule has 4 nitrogen and oxygen atoms in total. The summed E-state index contributed by atoms with van der Waals surface area (Å²) in [5.41, 5.74) is -1.05. The van der Waals surface area contributed by atoms with Gasteiger partial charge in [0.05, 0.1) is 0 Å². The summed E-state index contributed by atoms with van der Waals surface area (Å²) in [5, 5.41) is 0. The minimum atomic E-state index is -4.04. The highest BCUT2D eigenvalue weighted by Crippen LogP contribution is 2.13. The Hall–Kier alpha value is -0.130. The molecule has 0 fully saturated rings. The van der Waals surface area contributed by atoms with Crippen molar-refractivity contribution < 1.29 is 17.7 Å². The van der Waals surface area contributed by atoms with E-state index < -0.39 is 15.6 Å². The summed E-state index contributed by atoms with van der Waals surface area (Å²) in [5.74, 6) is 0. The van der Waals surface area contributed by atoms with Crippen LogP contribution in [0.4, 0.5) is 0 Å². The predicted molar refractivity (Wildman–Crippen MR) is 65.0 cm³/mol. The molecular weight excluding hydrogens is 228 g/mol. The minimum absolute atomic E-state index is 0.378. The van der Waals surface area contributed by atoms with Crippen LogP contribution in [0.15, 0.2) is 0 Å². The van der Waals surface area contributed by atoms with Gasteiger partial charge in [0.1, 0.15) is 0 Å². The highest BCUT2D eigenvalue weighted by atomic mass is 32.2. The summed E-state index contributed by atoms with van der Waals surface area (Å²) in [6, 6.07) is 0. The quantitative estimate of drug-likeness (QED) is 0.479. The van der Waals surface area contributed by atoms with Crippen LogP contribution < -0.4 is 0 Å². The number of rotatable bonds is 10. The van der Waals surface area contributed by atoms with Gasteiger partial charge in [0, 0.05) is 7.11 Å². The highest BCUT2D eigenvalue weighted by molar-refractivity contribution is 7.86. The molecule has 0 aromatic carbocycles. The number of ether oxygens (including phenoxy) is 1. The molecule has 0 aliphatic heterocycles. The zero-order valence-electron chi connectivity index (χ0n) is 10.3. The smallest absolute Gasteiger partial charge is 0.292 e. The predicted octanol–water partition coefficient (Wildman–Crippen LogP) is 2.99. The van der Waals surface area contributed by atoms with Crippen LogP contribution in [0.25, 0.3) is 0 Å². The average molecular weight is 252 g/mol. The Morgan fingerprint density at radius 3 is 2.00 bits per heavy atom. The largest absolute Gasteiger partial charge is 0.363 e. The maximum Gasteiger partial charge on any atom is 0.292 e. The number of unbranched alkanes of at least 4 members (excludes halogenated alkanes) is 6. The van der Waals surface area contributed by atoms with Crippen molar-refractivity contribution in [1.29, 1.82) is 0 Å². The van der Waals surface area contributed by atoms with Crippen molar-refractivity contribution in [1.82, 2.24) is 0 Å². The van der Waals surface area contributed by atoms with Crippen LogP contribution in [0.5, 0.6) is 0 Å². The van der Waals surface area contributed by atoms with E-state index in [2.05, 4.69) is 6.92 Å². The minimum Gasteiger partial charge on any atom is -0.363 e. The summed E-state index contributed by atoms with van der Waals surface area (Å²) < 4.78 is 35.1. The van der Waals surface area contributed by atoms with Crippen molar-refractivity contribution in [3.05, 3.63) is 0 Å². The second-order valence-corrected chi connectivity index (χ2v) is 5.65. The number of methoxy groups -OCH3 is 1. The molecule has 98 valence electrons. The zero-order valence-corrected chi connectivity index (χ0v) is 11.1. The van der Waals surface area contributed by atoms with Gasteiger partial charge < -0.3 is 4.74 Å². The van der Waals surface area contributed by atoms with Crippen LogP contribution in [-0.4, -0.2) is 25.5 Å². The monoisotopic (exact) mass is 252 g/mol. The van der Waals surface area contributed by atoms with E-state index in [0.29, 0.717) is 6.42 Å². The van der Waals surface area contributed by atoms with E-state index in [9.17, 15) is 8.42 Å². The van der Waals surface area contributed by atoms with Crippen LogP contribution in [0.2, 0.25) is 0 Å². The lowest BCUT2D eigenvalue weighted by molar-refractivity contribution is 0.145. The SMILES string of the molecule is CCCCCCCCCC(OC)S(=O)(=O)O. The molecular formula is C11H24O4S. The maximum absolute atomic E-state index is 10.8. The van der Waals surface area contributed by atoms with Gasteiger partial charge in [0.2, 0.25) is 0 Å². The standard InChI is InChI=1S/C11H24O4S/c1-3-4-5-6-7-8-9-10-11(15-2)16(12,13)14/h11H,3-10H2,1-2H3,(H,12,13,14). The first-order chi connectivity index (χ1) is 7.52. The lowest BCUT2D eigenvalue weighted by atomic mass is 10.1. The Kier molecular flexibility index (Phi) is 8.89. The molecule has 0 saturated carbocycles. The zero-order chi connectivity index (χ0) is 12.4. The van der Waals surface area contributed by atoms with E-state index >= 15 is 0 Å². The molecule has 0 aliphatic carbocycles. The van der Waals surface area contributed by atoms with E-state index in [1.54, 1.807) is 0 Å². The van der Waals surface area contributed by atoms with E-state index in [4.69, 9.17) is 9.29 Å². The van der Waals surface area contributed by atoms with E-state index in [1.165, 1.54) is 32.8 Å². The van der Waals surface area contributed by atoms with Gasteiger partial charge in [-0.15, -0.1) is 0 Å². The molecule has 5 heteroatoms. The summed E-state index contributed by atoms with van der Waals surface area (Å²) >= 11 is 0. The van der Waals surface area contributed by atoms with Crippen molar-refractivity contribution in [3.8, 4) is 0 Å². The number of hydrogen-bond acceptors (Lipinski definition) is 3. The fourth-order valence-corrected chi connectivity index (χ4v) is 2.36. The fraction of sp³-hybridized carbons (Fsp3) is 1.00. The molecule has 0 spiro atoms. The molecule has 16 heavy (non-hydrogen) atoms. The molecule has 0 radical (unpaired) electrons. The van der Waals surface area contributed by atoms with Gasteiger partial charge in [-0.25, -0.2) is 0 Å². The third-order valence-electron chi connectivity index (χ3n) is 2.64. The van der Waals surface area contributed by atoms with Gasteiger partial charge >= 0.3 is 0 Å². The first kappa shape index (κ1) is 15.9. The second kappa shape index (κ2) is 8.96. The van der Waals surface area contributed by atoms with Crippen molar-refractivity contribution >= 4 is 10.1 Å². The van der Waals surface area contributed by atoms with Crippen LogP contribution in [0.1, 0.15) is 58.3 Å². The number of hydrogen-bond donors (Lipinski definition) is 1. The molecule has 1 N–H and O–H groups in total. The topological polar surface area (TPSA) is 63.6 Å². The van der Waals surface area contributed by atoms with E-state index in [-0.39, 0.29) is 0 Å². The highest BCUT2D eigenvalue weighted by Gasteiger charge is 2.21. The molecule has 0 bridgehead atoms. The summed E-state index contributed by atoms with van der Waals surface area (Å²) in [6.07, 6.45) is 8.24. The van der Waals surface area contributed by atoms with Gasteiger partial charge in [-0.1, -0.05) is 45.4 Å². The Bertz CT molecular complexity index is 249. The first-order valence-corrected chi connectivity index (χ1v) is 7.51. The second-order valence-electron chi connectivity index (χ2n) is 4.09. The Balaban J connectivity index is 3.50. The Morgan fingerprint density at radius 1 is 1.06 bits per heavy atom. The van der Waals surface area contributed by atoms with Crippen LogP contribution in [0.3, 0.4) is 0 Å². The fourth-order valence-electron chi connectivity index (χ4n) is 1.66. The third-order valence-corrected chi connectivity index (χ3v) is 3.73. The van der Waals surface area contributed by atoms with Crippen LogP contribution >= 0.6 is 0 Å². The van der Waals surface area contributed by atoms with Crippen LogP contribution in [0, 0.1) is 0 Å². The van der Waals surface area contributed by atoms with Crippen molar-refractivity contribution in [2.45, 2.75) is 63.7 Å². The van der Waals surface area contributed by atoms with Crippen molar-refractivity contribution in [2.75, 3.05) is 7.11 Å². The molecule has 0 rings (SSSR count). The van der Waals surface area contributed by atoms with Gasteiger partial charge in [-0.2, -0.15) is 8.42 Å². The van der Waals surface area contributed by atoms with E-state index in [1.807, 2.05) is 0 Å². The average Bonchev–Trinajstić information content (AvgIpc) is 2.20. The molecule has 1 unspecified atom stereocenters. The Morgan fingerprint density at radius 2 is 1.56 bits per heavy atom. The molecule has 0 aromatic rings. The van der Waals surface area contributed by atoms with Crippen LogP contribution in [-0.2, 0) is 14.9 Å². The molecule has 0 saturated heterocycles. The first-order valence-electron chi connectivity index (χ1n) is 6.01. The molecule has 0 aliphatic rings. The maximum atomic E-state index is 10.8. The Labute approximate surface area is 99.1 Å². The lowest BCUT2D eigenvalue weighted by Gasteiger charge is -2.11. The molecule has 0 heterocycles. The lowest BCUT2D eigenvalue weighted by Crippen LogP contribution is -2.22. The summed E-state index contributed by atoms with van der Waals surface area (Å²) in [6.45, 7) is 2.18. The van der Waals surface area contributed by atoms with Gasteiger partial charge in [-0.05, 0) is 12.8 Å². The molecule has 0 aromatic heterocycles.